The molecule has 0 radical (unpaired) electrons. The van der Waals surface area contributed by atoms with E-state index in [4.69, 9.17) is 4.55 Å². The molecule has 0 aromatic heterocycles. The topological polar surface area (TPSA) is 95.9 Å². The Hall–Kier alpha value is -1.15. The third-order valence-electron chi connectivity index (χ3n) is 4.02. The fraction of sp³-hybridized carbons (Fsp3) is 0.571. The largest absolute Gasteiger partial charge is 0.446 e. The zero-order chi connectivity index (χ0) is 15.5. The Bertz CT molecular complexity index is 587. The molecule has 1 aliphatic rings. The van der Waals surface area contributed by atoms with E-state index < -0.39 is 16.0 Å². The highest BCUT2D eigenvalue weighted by Crippen LogP contribution is 2.42. The second-order valence-electron chi connectivity index (χ2n) is 5.46. The molecule has 6 nitrogen and oxygen atoms in total. The van der Waals surface area contributed by atoms with Crippen molar-refractivity contribution < 1.29 is 22.3 Å². The van der Waals surface area contributed by atoms with E-state index in [-0.39, 0.29) is 11.7 Å². The number of nitrogens with one attached hydrogen (secondary N) is 1. The van der Waals surface area contributed by atoms with Crippen molar-refractivity contribution in [3.05, 3.63) is 29.8 Å². The van der Waals surface area contributed by atoms with Gasteiger partial charge in [-0.15, -0.1) is 0 Å². The van der Waals surface area contributed by atoms with E-state index in [0.29, 0.717) is 18.5 Å². The summed E-state index contributed by atoms with van der Waals surface area (Å²) in [6.07, 6.45) is 3.51. The van der Waals surface area contributed by atoms with E-state index in [0.717, 1.165) is 19.3 Å². The van der Waals surface area contributed by atoms with Crippen molar-refractivity contribution in [2.24, 2.45) is 5.92 Å². The molecule has 0 heterocycles. The molecule has 2 atom stereocenters. The van der Waals surface area contributed by atoms with Gasteiger partial charge in [0.2, 0.25) is 0 Å². The van der Waals surface area contributed by atoms with Gasteiger partial charge in [0.05, 0.1) is 5.60 Å². The molecule has 0 bridgehead atoms. The third-order valence-corrected chi connectivity index (χ3v) is 4.42. The van der Waals surface area contributed by atoms with Crippen LogP contribution < -0.4 is 9.50 Å². The fourth-order valence-electron chi connectivity index (χ4n) is 3.06. The second kappa shape index (κ2) is 6.31. The molecule has 2 rings (SSSR count). The van der Waals surface area contributed by atoms with Gasteiger partial charge in [-0.05, 0) is 37.6 Å². The van der Waals surface area contributed by atoms with Crippen LogP contribution in [0.25, 0.3) is 0 Å². The summed E-state index contributed by atoms with van der Waals surface area (Å²) < 4.78 is 34.8. The summed E-state index contributed by atoms with van der Waals surface area (Å²) in [6.45, 7) is 0.680. The molecule has 118 valence electrons. The smallest absolute Gasteiger partial charge is 0.385 e. The standard InChI is InChI=1S/C14H21NO5S/c1-15-10-12-5-2-3-8-14(12,16)11-6-4-7-13(9-11)20-21(17,18)19/h4,6-7,9,12,15-16H,2-3,5,8,10H2,1H3,(H,17,18,19)/t12-,14+/m1/s1. The van der Waals surface area contributed by atoms with Crippen LogP contribution in [0.1, 0.15) is 31.2 Å². The molecular weight excluding hydrogens is 294 g/mol. The Morgan fingerprint density at radius 1 is 1.43 bits per heavy atom. The number of aliphatic hydroxyl groups is 1. The van der Waals surface area contributed by atoms with Gasteiger partial charge in [-0.1, -0.05) is 25.0 Å². The predicted octanol–water partition coefficient (Wildman–Crippen LogP) is 1.47. The van der Waals surface area contributed by atoms with Crippen LogP contribution in [0.2, 0.25) is 0 Å². The van der Waals surface area contributed by atoms with Gasteiger partial charge in [-0.25, -0.2) is 0 Å². The molecular formula is C14H21NO5S. The Kier molecular flexibility index (Phi) is 4.88. The van der Waals surface area contributed by atoms with E-state index in [1.807, 2.05) is 7.05 Å². The van der Waals surface area contributed by atoms with E-state index in [1.165, 1.54) is 12.1 Å². The molecule has 1 saturated carbocycles. The first-order valence-corrected chi connectivity index (χ1v) is 8.36. The minimum Gasteiger partial charge on any atom is -0.385 e. The van der Waals surface area contributed by atoms with Crippen molar-refractivity contribution >= 4 is 10.4 Å². The number of benzene rings is 1. The Morgan fingerprint density at radius 2 is 2.19 bits per heavy atom. The van der Waals surface area contributed by atoms with Gasteiger partial charge < -0.3 is 14.6 Å². The van der Waals surface area contributed by atoms with E-state index in [9.17, 15) is 13.5 Å². The van der Waals surface area contributed by atoms with Crippen molar-refractivity contribution in [2.45, 2.75) is 31.3 Å². The minimum atomic E-state index is -4.56. The lowest BCUT2D eigenvalue weighted by Crippen LogP contribution is -2.42. The van der Waals surface area contributed by atoms with Gasteiger partial charge in [-0.2, -0.15) is 8.42 Å². The molecule has 0 unspecified atom stereocenters. The first kappa shape index (κ1) is 16.2. The Labute approximate surface area is 125 Å². The van der Waals surface area contributed by atoms with E-state index in [2.05, 4.69) is 9.50 Å². The summed E-state index contributed by atoms with van der Waals surface area (Å²) in [5.41, 5.74) is -0.400. The van der Waals surface area contributed by atoms with Crippen molar-refractivity contribution in [3.8, 4) is 5.75 Å². The summed E-state index contributed by atoms with van der Waals surface area (Å²) in [7, 11) is -2.72. The van der Waals surface area contributed by atoms with Crippen LogP contribution in [0, 0.1) is 5.92 Å². The maximum atomic E-state index is 11.0. The van der Waals surface area contributed by atoms with Crippen molar-refractivity contribution in [3.63, 3.8) is 0 Å². The summed E-state index contributed by atoms with van der Waals surface area (Å²) in [5, 5.41) is 14.1. The summed E-state index contributed by atoms with van der Waals surface area (Å²) in [5.74, 6) is 0.0504. The quantitative estimate of drug-likeness (QED) is 0.712. The second-order valence-corrected chi connectivity index (χ2v) is 6.49. The van der Waals surface area contributed by atoms with Crippen LogP contribution in [0.3, 0.4) is 0 Å². The SMILES string of the molecule is CNC[C@H]1CCCC[C@]1(O)c1cccc(OS(=O)(=O)O)c1. The number of rotatable bonds is 5. The highest BCUT2D eigenvalue weighted by atomic mass is 32.3. The van der Waals surface area contributed by atoms with Crippen LogP contribution in [-0.2, 0) is 16.0 Å². The van der Waals surface area contributed by atoms with Gasteiger partial charge in [0.15, 0.2) is 0 Å². The first-order valence-electron chi connectivity index (χ1n) is 6.99. The summed E-state index contributed by atoms with van der Waals surface area (Å²) >= 11 is 0. The molecule has 1 fully saturated rings. The van der Waals surface area contributed by atoms with E-state index >= 15 is 0 Å². The fourth-order valence-corrected chi connectivity index (χ4v) is 3.41. The third kappa shape index (κ3) is 3.94. The zero-order valence-electron chi connectivity index (χ0n) is 11.9. The van der Waals surface area contributed by atoms with Gasteiger partial charge in [0.1, 0.15) is 5.75 Å². The first-order chi connectivity index (χ1) is 9.85. The lowest BCUT2D eigenvalue weighted by molar-refractivity contribution is -0.0530. The van der Waals surface area contributed by atoms with Gasteiger partial charge in [0.25, 0.3) is 0 Å². The molecule has 0 saturated heterocycles. The van der Waals surface area contributed by atoms with Gasteiger partial charge in [-0.3, -0.25) is 4.55 Å². The minimum absolute atomic E-state index is 0.00259. The molecule has 7 heteroatoms. The maximum absolute atomic E-state index is 11.0. The van der Waals surface area contributed by atoms with Crippen LogP contribution in [0.4, 0.5) is 0 Å². The molecule has 1 aromatic rings. The molecule has 21 heavy (non-hydrogen) atoms. The number of hydrogen-bond acceptors (Lipinski definition) is 5. The normalized spacial score (nSPS) is 26.5. The van der Waals surface area contributed by atoms with Crippen LogP contribution in [0.5, 0.6) is 5.75 Å². The van der Waals surface area contributed by atoms with Crippen molar-refractivity contribution in [1.82, 2.24) is 5.32 Å². The molecule has 0 amide bonds. The molecule has 3 N–H and O–H groups in total. The summed E-state index contributed by atoms with van der Waals surface area (Å²) in [6, 6.07) is 6.27. The monoisotopic (exact) mass is 315 g/mol. The average molecular weight is 315 g/mol. The van der Waals surface area contributed by atoms with Crippen molar-refractivity contribution in [1.29, 1.82) is 0 Å². The molecule has 1 aromatic carbocycles. The molecule has 1 aliphatic carbocycles. The highest BCUT2D eigenvalue weighted by molar-refractivity contribution is 7.81. The number of hydrogen-bond donors (Lipinski definition) is 3. The lowest BCUT2D eigenvalue weighted by atomic mass is 9.71. The maximum Gasteiger partial charge on any atom is 0.446 e. The highest BCUT2D eigenvalue weighted by Gasteiger charge is 2.40. The van der Waals surface area contributed by atoms with Gasteiger partial charge >= 0.3 is 10.4 Å². The average Bonchev–Trinajstić information content (AvgIpc) is 2.40. The molecule has 0 aliphatic heterocycles. The van der Waals surface area contributed by atoms with Crippen LogP contribution in [-0.4, -0.2) is 31.7 Å². The van der Waals surface area contributed by atoms with Crippen LogP contribution >= 0.6 is 0 Å². The van der Waals surface area contributed by atoms with Gasteiger partial charge in [0, 0.05) is 12.5 Å². The Balaban J connectivity index is 2.32. The Morgan fingerprint density at radius 3 is 2.86 bits per heavy atom. The van der Waals surface area contributed by atoms with Crippen molar-refractivity contribution in [2.75, 3.05) is 13.6 Å². The predicted molar refractivity (Wildman–Crippen MR) is 78.4 cm³/mol. The summed E-state index contributed by atoms with van der Waals surface area (Å²) in [4.78, 5) is 0. The lowest BCUT2D eigenvalue weighted by Gasteiger charge is -2.40. The molecule has 0 spiro atoms. The van der Waals surface area contributed by atoms with Crippen LogP contribution in [0.15, 0.2) is 24.3 Å². The zero-order valence-corrected chi connectivity index (χ0v) is 12.8. The van der Waals surface area contributed by atoms with E-state index in [1.54, 1.807) is 12.1 Å².